The van der Waals surface area contributed by atoms with Crippen molar-refractivity contribution in [2.24, 2.45) is 0 Å². The van der Waals surface area contributed by atoms with Gasteiger partial charge in [-0.3, -0.25) is 9.97 Å². The van der Waals surface area contributed by atoms with Crippen LogP contribution in [0.5, 0.6) is 0 Å². The summed E-state index contributed by atoms with van der Waals surface area (Å²) in [7, 11) is 0. The Labute approximate surface area is 161 Å². The van der Waals surface area contributed by atoms with Gasteiger partial charge in [0, 0.05) is 51.7 Å². The summed E-state index contributed by atoms with van der Waals surface area (Å²) < 4.78 is 0. The topological polar surface area (TPSA) is 61.9 Å². The third-order valence-corrected chi connectivity index (χ3v) is 4.22. The molecule has 2 aromatic heterocycles. The fraction of sp³-hybridized carbons (Fsp3) is 0.273. The first-order chi connectivity index (χ1) is 13.4. The van der Waals surface area contributed by atoms with Gasteiger partial charge in [0.1, 0.15) is 0 Å². The van der Waals surface area contributed by atoms with Gasteiger partial charge in [-0.05, 0) is 35.4 Å². The molecule has 0 atom stereocenters. The summed E-state index contributed by atoms with van der Waals surface area (Å²) in [6.45, 7) is 5.18. The second-order valence-electron chi connectivity index (χ2n) is 6.42. The molecule has 0 aliphatic rings. The Morgan fingerprint density at radius 1 is 0.519 bits per heavy atom. The number of benzene rings is 1. The first-order valence-corrected chi connectivity index (χ1v) is 9.40. The first kappa shape index (κ1) is 19.2. The summed E-state index contributed by atoms with van der Waals surface area (Å²) >= 11 is 0. The second kappa shape index (κ2) is 11.2. The minimum absolute atomic E-state index is 0.787. The number of hydrogen-bond acceptors (Lipinski definition) is 5. The number of pyridine rings is 2. The highest BCUT2D eigenvalue weighted by atomic mass is 14.9. The fourth-order valence-electron chi connectivity index (χ4n) is 2.74. The molecular weight excluding hydrogens is 334 g/mol. The second-order valence-corrected chi connectivity index (χ2v) is 6.42. The molecule has 0 bridgehead atoms. The van der Waals surface area contributed by atoms with E-state index in [0.29, 0.717) is 0 Å². The van der Waals surface area contributed by atoms with E-state index in [1.807, 2.05) is 48.8 Å². The Balaban J connectivity index is 1.27. The average Bonchev–Trinajstić information content (AvgIpc) is 2.73. The Morgan fingerprint density at radius 3 is 1.52 bits per heavy atom. The van der Waals surface area contributed by atoms with E-state index < -0.39 is 0 Å². The fourth-order valence-corrected chi connectivity index (χ4v) is 2.74. The standard InChI is InChI=1S/C22H27N5/c1-3-11-26-21(5-1)17-24-14-13-23-15-19-7-9-20(10-8-19)16-25-18-22-6-2-4-12-27-22/h1-12,23-25H,13-18H2. The third kappa shape index (κ3) is 7.27. The number of hydrogen-bond donors (Lipinski definition) is 3. The van der Waals surface area contributed by atoms with Crippen LogP contribution in [-0.2, 0) is 26.2 Å². The predicted molar refractivity (Wildman–Crippen MR) is 109 cm³/mol. The van der Waals surface area contributed by atoms with Crippen molar-refractivity contribution in [1.29, 1.82) is 0 Å². The van der Waals surface area contributed by atoms with E-state index in [9.17, 15) is 0 Å². The highest BCUT2D eigenvalue weighted by Gasteiger charge is 1.97. The molecule has 0 fully saturated rings. The van der Waals surface area contributed by atoms with Crippen molar-refractivity contribution in [3.63, 3.8) is 0 Å². The molecule has 27 heavy (non-hydrogen) atoms. The van der Waals surface area contributed by atoms with Crippen LogP contribution in [0.25, 0.3) is 0 Å². The quantitative estimate of drug-likeness (QED) is 0.458. The van der Waals surface area contributed by atoms with Crippen LogP contribution < -0.4 is 16.0 Å². The van der Waals surface area contributed by atoms with Crippen molar-refractivity contribution in [2.45, 2.75) is 26.2 Å². The zero-order chi connectivity index (χ0) is 18.6. The molecule has 3 N–H and O–H groups in total. The molecule has 0 amide bonds. The normalized spacial score (nSPS) is 10.8. The van der Waals surface area contributed by atoms with Crippen LogP contribution >= 0.6 is 0 Å². The number of aromatic nitrogens is 2. The molecule has 1 aromatic carbocycles. The molecule has 5 heteroatoms. The Hall–Kier alpha value is -2.60. The molecule has 0 radical (unpaired) electrons. The highest BCUT2D eigenvalue weighted by Crippen LogP contribution is 2.04. The van der Waals surface area contributed by atoms with Crippen molar-refractivity contribution >= 4 is 0 Å². The molecule has 0 unspecified atom stereocenters. The average molecular weight is 361 g/mol. The molecule has 3 aromatic rings. The molecule has 2 heterocycles. The minimum Gasteiger partial charge on any atom is -0.311 e. The maximum Gasteiger partial charge on any atom is 0.0541 e. The summed E-state index contributed by atoms with van der Waals surface area (Å²) in [6.07, 6.45) is 3.65. The van der Waals surface area contributed by atoms with Gasteiger partial charge in [0.2, 0.25) is 0 Å². The van der Waals surface area contributed by atoms with Gasteiger partial charge in [-0.15, -0.1) is 0 Å². The summed E-state index contributed by atoms with van der Waals surface area (Å²) in [5.41, 5.74) is 4.72. The SMILES string of the molecule is c1ccc(CNCCNCc2ccc(CNCc3ccccn3)cc2)nc1. The molecule has 0 saturated carbocycles. The van der Waals surface area contributed by atoms with Crippen LogP contribution in [0.4, 0.5) is 0 Å². The first-order valence-electron chi connectivity index (χ1n) is 9.40. The van der Waals surface area contributed by atoms with Crippen LogP contribution in [0.2, 0.25) is 0 Å². The van der Waals surface area contributed by atoms with Gasteiger partial charge in [0.15, 0.2) is 0 Å². The van der Waals surface area contributed by atoms with Gasteiger partial charge in [0.25, 0.3) is 0 Å². The number of nitrogens with zero attached hydrogens (tertiary/aromatic N) is 2. The van der Waals surface area contributed by atoms with E-state index in [4.69, 9.17) is 0 Å². The van der Waals surface area contributed by atoms with Gasteiger partial charge in [0.05, 0.1) is 11.4 Å². The molecule has 0 spiro atoms. The smallest absolute Gasteiger partial charge is 0.0541 e. The van der Waals surface area contributed by atoms with Crippen LogP contribution in [0.3, 0.4) is 0 Å². The van der Waals surface area contributed by atoms with Gasteiger partial charge < -0.3 is 16.0 Å². The highest BCUT2D eigenvalue weighted by molar-refractivity contribution is 5.22. The lowest BCUT2D eigenvalue weighted by Gasteiger charge is -2.08. The molecule has 0 aliphatic heterocycles. The monoisotopic (exact) mass is 361 g/mol. The third-order valence-electron chi connectivity index (χ3n) is 4.22. The Bertz CT molecular complexity index is 760. The Morgan fingerprint density at radius 2 is 1.00 bits per heavy atom. The zero-order valence-electron chi connectivity index (χ0n) is 15.6. The van der Waals surface area contributed by atoms with Gasteiger partial charge in [-0.1, -0.05) is 36.4 Å². The van der Waals surface area contributed by atoms with Gasteiger partial charge in [-0.2, -0.15) is 0 Å². The zero-order valence-corrected chi connectivity index (χ0v) is 15.6. The lowest BCUT2D eigenvalue weighted by molar-refractivity contribution is 0.606. The maximum atomic E-state index is 4.32. The van der Waals surface area contributed by atoms with E-state index in [-0.39, 0.29) is 0 Å². The van der Waals surface area contributed by atoms with E-state index >= 15 is 0 Å². The van der Waals surface area contributed by atoms with Gasteiger partial charge >= 0.3 is 0 Å². The molecular formula is C22H27N5. The van der Waals surface area contributed by atoms with Crippen LogP contribution in [0.1, 0.15) is 22.5 Å². The molecule has 140 valence electrons. The molecule has 5 nitrogen and oxygen atoms in total. The number of nitrogens with one attached hydrogen (secondary N) is 3. The predicted octanol–water partition coefficient (Wildman–Crippen LogP) is 2.65. The van der Waals surface area contributed by atoms with E-state index in [1.165, 1.54) is 11.1 Å². The van der Waals surface area contributed by atoms with E-state index in [0.717, 1.165) is 50.7 Å². The van der Waals surface area contributed by atoms with Crippen molar-refractivity contribution in [3.8, 4) is 0 Å². The summed E-state index contributed by atoms with van der Waals surface area (Å²) in [4.78, 5) is 8.62. The van der Waals surface area contributed by atoms with E-state index in [2.05, 4.69) is 50.2 Å². The maximum absolute atomic E-state index is 4.32. The van der Waals surface area contributed by atoms with E-state index in [1.54, 1.807) is 0 Å². The molecule has 0 aliphatic carbocycles. The van der Waals surface area contributed by atoms with Crippen molar-refractivity contribution < 1.29 is 0 Å². The van der Waals surface area contributed by atoms with Crippen LogP contribution in [0.15, 0.2) is 73.1 Å². The summed E-state index contributed by atoms with van der Waals surface area (Å²) in [6, 6.07) is 20.7. The summed E-state index contributed by atoms with van der Waals surface area (Å²) in [5, 5.41) is 10.3. The van der Waals surface area contributed by atoms with Crippen molar-refractivity contribution in [1.82, 2.24) is 25.9 Å². The molecule has 0 saturated heterocycles. The Kier molecular flexibility index (Phi) is 7.94. The number of rotatable bonds is 11. The summed E-state index contributed by atoms with van der Waals surface area (Å²) in [5.74, 6) is 0. The van der Waals surface area contributed by atoms with Gasteiger partial charge in [-0.25, -0.2) is 0 Å². The molecule has 3 rings (SSSR count). The van der Waals surface area contributed by atoms with Crippen molar-refractivity contribution in [3.05, 3.63) is 95.6 Å². The largest absolute Gasteiger partial charge is 0.311 e. The minimum atomic E-state index is 0.787. The van der Waals surface area contributed by atoms with Crippen LogP contribution in [-0.4, -0.2) is 23.1 Å². The van der Waals surface area contributed by atoms with Crippen LogP contribution in [0, 0.1) is 0 Å². The van der Waals surface area contributed by atoms with Crippen molar-refractivity contribution in [2.75, 3.05) is 13.1 Å². The lowest BCUT2D eigenvalue weighted by Crippen LogP contribution is -2.27. The lowest BCUT2D eigenvalue weighted by atomic mass is 10.1.